The van der Waals surface area contributed by atoms with Crippen molar-refractivity contribution < 1.29 is 18.0 Å². The van der Waals surface area contributed by atoms with E-state index in [1.807, 2.05) is 6.92 Å². The SMILES string of the molecule is CCCC1(C(=O)N(CC)CC(F)(F)F)CCCN1. The molecule has 3 nitrogen and oxygen atoms in total. The van der Waals surface area contributed by atoms with E-state index < -0.39 is 24.2 Å². The van der Waals surface area contributed by atoms with Crippen LogP contribution in [0.1, 0.15) is 39.5 Å². The molecule has 0 saturated carbocycles. The van der Waals surface area contributed by atoms with Gasteiger partial charge in [-0.3, -0.25) is 4.79 Å². The third-order valence-corrected chi connectivity index (χ3v) is 3.37. The number of carbonyl (C=O) groups excluding carboxylic acids is 1. The molecule has 0 aliphatic carbocycles. The summed E-state index contributed by atoms with van der Waals surface area (Å²) in [7, 11) is 0. The Morgan fingerprint density at radius 2 is 2.06 bits per heavy atom. The van der Waals surface area contributed by atoms with Crippen LogP contribution in [0.25, 0.3) is 0 Å². The first-order chi connectivity index (χ1) is 8.34. The molecule has 0 bridgehead atoms. The number of amides is 1. The van der Waals surface area contributed by atoms with Crippen molar-refractivity contribution in [2.24, 2.45) is 0 Å². The lowest BCUT2D eigenvalue weighted by Gasteiger charge is -2.34. The summed E-state index contributed by atoms with van der Waals surface area (Å²) in [6.45, 7) is 3.16. The standard InChI is InChI=1S/C12H21F3N2O/c1-3-6-11(7-5-8-16-11)10(18)17(4-2)9-12(13,14)15/h16H,3-9H2,1-2H3. The highest BCUT2D eigenvalue weighted by Crippen LogP contribution is 2.28. The van der Waals surface area contributed by atoms with E-state index in [2.05, 4.69) is 5.32 Å². The van der Waals surface area contributed by atoms with Gasteiger partial charge in [0.15, 0.2) is 0 Å². The van der Waals surface area contributed by atoms with Gasteiger partial charge < -0.3 is 10.2 Å². The Balaban J connectivity index is 2.80. The number of likely N-dealkylation sites (N-methyl/N-ethyl adjacent to an activating group) is 1. The molecule has 1 fully saturated rings. The monoisotopic (exact) mass is 266 g/mol. The summed E-state index contributed by atoms with van der Waals surface area (Å²) >= 11 is 0. The Morgan fingerprint density at radius 3 is 2.44 bits per heavy atom. The van der Waals surface area contributed by atoms with Crippen LogP contribution in [0.5, 0.6) is 0 Å². The maximum absolute atomic E-state index is 12.4. The van der Waals surface area contributed by atoms with Crippen molar-refractivity contribution >= 4 is 5.91 Å². The van der Waals surface area contributed by atoms with Crippen LogP contribution in [-0.4, -0.2) is 42.2 Å². The van der Waals surface area contributed by atoms with Gasteiger partial charge >= 0.3 is 6.18 Å². The van der Waals surface area contributed by atoms with Gasteiger partial charge in [-0.25, -0.2) is 0 Å². The minimum Gasteiger partial charge on any atom is -0.332 e. The van der Waals surface area contributed by atoms with E-state index in [4.69, 9.17) is 0 Å². The molecule has 1 amide bonds. The van der Waals surface area contributed by atoms with Gasteiger partial charge in [0.25, 0.3) is 0 Å². The lowest BCUT2D eigenvalue weighted by atomic mass is 9.90. The maximum Gasteiger partial charge on any atom is 0.406 e. The predicted octanol–water partition coefficient (Wildman–Crippen LogP) is 2.32. The van der Waals surface area contributed by atoms with E-state index in [9.17, 15) is 18.0 Å². The van der Waals surface area contributed by atoms with E-state index in [1.54, 1.807) is 6.92 Å². The van der Waals surface area contributed by atoms with Gasteiger partial charge in [-0.2, -0.15) is 13.2 Å². The van der Waals surface area contributed by atoms with Crippen molar-refractivity contribution in [1.29, 1.82) is 0 Å². The van der Waals surface area contributed by atoms with Crippen LogP contribution in [0, 0.1) is 0 Å². The average Bonchev–Trinajstić information content (AvgIpc) is 2.74. The molecule has 0 spiro atoms. The van der Waals surface area contributed by atoms with E-state index in [0.29, 0.717) is 19.4 Å². The summed E-state index contributed by atoms with van der Waals surface area (Å²) < 4.78 is 37.3. The van der Waals surface area contributed by atoms with Crippen molar-refractivity contribution in [3.05, 3.63) is 0 Å². The van der Waals surface area contributed by atoms with Gasteiger partial charge in [0, 0.05) is 6.54 Å². The molecule has 1 unspecified atom stereocenters. The summed E-state index contributed by atoms with van der Waals surface area (Å²) in [5.41, 5.74) is -0.768. The summed E-state index contributed by atoms with van der Waals surface area (Å²) in [5.74, 6) is -0.401. The van der Waals surface area contributed by atoms with E-state index in [-0.39, 0.29) is 6.54 Å². The van der Waals surface area contributed by atoms with Crippen LogP contribution in [-0.2, 0) is 4.79 Å². The predicted molar refractivity (Wildman–Crippen MR) is 63.2 cm³/mol. The van der Waals surface area contributed by atoms with Crippen molar-refractivity contribution in [2.45, 2.75) is 51.2 Å². The minimum absolute atomic E-state index is 0.0888. The fraction of sp³-hybridized carbons (Fsp3) is 0.917. The smallest absolute Gasteiger partial charge is 0.332 e. The van der Waals surface area contributed by atoms with Gasteiger partial charge in [-0.15, -0.1) is 0 Å². The van der Waals surface area contributed by atoms with Gasteiger partial charge in [-0.1, -0.05) is 13.3 Å². The Hall–Kier alpha value is -0.780. The lowest BCUT2D eigenvalue weighted by Crippen LogP contribution is -2.56. The zero-order valence-corrected chi connectivity index (χ0v) is 10.9. The molecule has 18 heavy (non-hydrogen) atoms. The van der Waals surface area contributed by atoms with E-state index in [0.717, 1.165) is 17.7 Å². The second-order valence-electron chi connectivity index (χ2n) is 4.80. The Bertz CT molecular complexity index is 286. The number of rotatable bonds is 5. The molecule has 1 heterocycles. The first kappa shape index (κ1) is 15.3. The van der Waals surface area contributed by atoms with Gasteiger partial charge in [0.05, 0.1) is 5.54 Å². The van der Waals surface area contributed by atoms with Crippen LogP contribution < -0.4 is 5.32 Å². The first-order valence-corrected chi connectivity index (χ1v) is 6.46. The molecule has 0 aromatic heterocycles. The highest BCUT2D eigenvalue weighted by atomic mass is 19.4. The van der Waals surface area contributed by atoms with Crippen LogP contribution in [0.2, 0.25) is 0 Å². The summed E-state index contributed by atoms with van der Waals surface area (Å²) in [6, 6.07) is 0. The summed E-state index contributed by atoms with van der Waals surface area (Å²) in [6.07, 6.45) is -1.48. The fourth-order valence-electron chi connectivity index (χ4n) is 2.58. The number of carbonyl (C=O) groups is 1. The molecule has 1 saturated heterocycles. The topological polar surface area (TPSA) is 32.3 Å². The molecule has 6 heteroatoms. The average molecular weight is 266 g/mol. The molecule has 106 valence electrons. The number of alkyl halides is 3. The Kier molecular flexibility index (Phi) is 5.01. The first-order valence-electron chi connectivity index (χ1n) is 6.46. The molecular formula is C12H21F3N2O. The second-order valence-corrected chi connectivity index (χ2v) is 4.80. The molecule has 0 aromatic carbocycles. The summed E-state index contributed by atoms with van der Waals surface area (Å²) in [5, 5.41) is 3.11. The normalized spacial score (nSPS) is 24.3. The van der Waals surface area contributed by atoms with Crippen molar-refractivity contribution in [3.8, 4) is 0 Å². The number of nitrogens with zero attached hydrogens (tertiary/aromatic N) is 1. The zero-order chi connectivity index (χ0) is 13.8. The molecule has 0 aromatic rings. The molecule has 1 atom stereocenters. The highest BCUT2D eigenvalue weighted by Gasteiger charge is 2.44. The van der Waals surface area contributed by atoms with E-state index in [1.165, 1.54) is 0 Å². The number of hydrogen-bond acceptors (Lipinski definition) is 2. The molecule has 1 rings (SSSR count). The van der Waals surface area contributed by atoms with Crippen LogP contribution >= 0.6 is 0 Å². The number of nitrogens with one attached hydrogen (secondary N) is 1. The molecular weight excluding hydrogens is 245 g/mol. The molecule has 0 radical (unpaired) electrons. The van der Waals surface area contributed by atoms with Gasteiger partial charge in [-0.05, 0) is 32.7 Å². The lowest BCUT2D eigenvalue weighted by molar-refractivity contribution is -0.165. The largest absolute Gasteiger partial charge is 0.406 e. The maximum atomic E-state index is 12.4. The van der Waals surface area contributed by atoms with Crippen LogP contribution in [0.3, 0.4) is 0 Å². The Labute approximate surface area is 106 Å². The molecule has 1 aliphatic heterocycles. The van der Waals surface area contributed by atoms with Crippen LogP contribution in [0.15, 0.2) is 0 Å². The molecule has 1 aliphatic rings. The third kappa shape index (κ3) is 3.60. The third-order valence-electron chi connectivity index (χ3n) is 3.37. The van der Waals surface area contributed by atoms with Crippen molar-refractivity contribution in [1.82, 2.24) is 10.2 Å². The second kappa shape index (κ2) is 5.91. The van der Waals surface area contributed by atoms with Crippen LogP contribution in [0.4, 0.5) is 13.2 Å². The van der Waals surface area contributed by atoms with Gasteiger partial charge in [0.2, 0.25) is 5.91 Å². The van der Waals surface area contributed by atoms with Gasteiger partial charge in [0.1, 0.15) is 6.54 Å². The van der Waals surface area contributed by atoms with E-state index >= 15 is 0 Å². The minimum atomic E-state index is -4.34. The Morgan fingerprint density at radius 1 is 1.39 bits per heavy atom. The van der Waals surface area contributed by atoms with Crippen molar-refractivity contribution in [3.63, 3.8) is 0 Å². The summed E-state index contributed by atoms with van der Waals surface area (Å²) in [4.78, 5) is 13.2. The fourth-order valence-corrected chi connectivity index (χ4v) is 2.58. The highest BCUT2D eigenvalue weighted by molar-refractivity contribution is 5.86. The molecule has 1 N–H and O–H groups in total. The zero-order valence-electron chi connectivity index (χ0n) is 10.9. The quantitative estimate of drug-likeness (QED) is 0.828. The number of halogens is 3. The number of hydrogen-bond donors (Lipinski definition) is 1. The van der Waals surface area contributed by atoms with Crippen molar-refractivity contribution in [2.75, 3.05) is 19.6 Å².